The van der Waals surface area contributed by atoms with Crippen LogP contribution in [0.1, 0.15) is 37.8 Å². The molecule has 0 aromatic heterocycles. The van der Waals surface area contributed by atoms with E-state index in [9.17, 15) is 18.0 Å². The Bertz CT molecular complexity index is 1430. The lowest BCUT2D eigenvalue weighted by molar-refractivity contribution is -0.139. The van der Waals surface area contributed by atoms with Crippen molar-refractivity contribution >= 4 is 62.3 Å². The van der Waals surface area contributed by atoms with Gasteiger partial charge in [-0.05, 0) is 74.4 Å². The Balaban J connectivity index is 2.01. The highest BCUT2D eigenvalue weighted by molar-refractivity contribution is 7.92. The number of unbranched alkanes of at least 4 members (excludes halogenated alkanes) is 1. The second-order valence-electron chi connectivity index (χ2n) is 9.39. The van der Waals surface area contributed by atoms with Crippen molar-refractivity contribution in [1.29, 1.82) is 0 Å². The smallest absolute Gasteiger partial charge is 0.264 e. The number of aryl methyl sites for hydroxylation is 1. The van der Waals surface area contributed by atoms with Gasteiger partial charge in [0, 0.05) is 18.1 Å². The Kier molecular flexibility index (Phi) is 11.3. The predicted octanol–water partition coefficient (Wildman–Crippen LogP) is 6.48. The Hall–Kier alpha value is -2.78. The standard InChI is InChI=1S/C29H32Cl3N3O4S/c1-4-5-16-33-29(37)21(3)34(18-22-8-15-26(31)27(32)17-22)28(36)19-35(24-11-6-20(2)7-12-24)40(38,39)25-13-9-23(30)10-14-25/h6-15,17,21H,4-5,16,18-19H2,1-3H3,(H,33,37). The lowest BCUT2D eigenvalue weighted by atomic mass is 10.1. The lowest BCUT2D eigenvalue weighted by Gasteiger charge is -2.32. The highest BCUT2D eigenvalue weighted by Gasteiger charge is 2.32. The van der Waals surface area contributed by atoms with Gasteiger partial charge in [-0.2, -0.15) is 0 Å². The zero-order chi connectivity index (χ0) is 29.4. The van der Waals surface area contributed by atoms with Gasteiger partial charge < -0.3 is 10.2 Å². The second kappa shape index (κ2) is 14.2. The van der Waals surface area contributed by atoms with Crippen LogP contribution in [0.25, 0.3) is 0 Å². The normalized spacial score (nSPS) is 12.1. The SMILES string of the molecule is CCCCNC(=O)C(C)N(Cc1ccc(Cl)c(Cl)c1)C(=O)CN(c1ccc(C)cc1)S(=O)(=O)c1ccc(Cl)cc1. The van der Waals surface area contributed by atoms with Crippen molar-refractivity contribution in [2.75, 3.05) is 17.4 Å². The number of hydrogen-bond acceptors (Lipinski definition) is 4. The zero-order valence-corrected chi connectivity index (χ0v) is 25.6. The van der Waals surface area contributed by atoms with Gasteiger partial charge in [0.15, 0.2) is 0 Å². The van der Waals surface area contributed by atoms with E-state index in [1.54, 1.807) is 49.4 Å². The van der Waals surface area contributed by atoms with E-state index in [0.29, 0.717) is 32.9 Å². The summed E-state index contributed by atoms with van der Waals surface area (Å²) < 4.78 is 28.7. The van der Waals surface area contributed by atoms with Crippen molar-refractivity contribution in [3.05, 3.63) is 92.9 Å². The number of amides is 2. The van der Waals surface area contributed by atoms with Crippen molar-refractivity contribution < 1.29 is 18.0 Å². The number of hydrogen-bond donors (Lipinski definition) is 1. The minimum absolute atomic E-state index is 0.0147. The van der Waals surface area contributed by atoms with Crippen molar-refractivity contribution in [3.63, 3.8) is 0 Å². The maximum absolute atomic E-state index is 13.9. The molecule has 0 aliphatic heterocycles. The second-order valence-corrected chi connectivity index (χ2v) is 12.5. The molecular weight excluding hydrogens is 593 g/mol. The Morgan fingerprint density at radius 2 is 1.57 bits per heavy atom. The maximum Gasteiger partial charge on any atom is 0.264 e. The van der Waals surface area contributed by atoms with Crippen LogP contribution in [-0.2, 0) is 26.2 Å². The molecule has 0 saturated carbocycles. The highest BCUT2D eigenvalue weighted by atomic mass is 35.5. The van der Waals surface area contributed by atoms with Crippen LogP contribution in [0.4, 0.5) is 5.69 Å². The Morgan fingerprint density at radius 3 is 2.17 bits per heavy atom. The van der Waals surface area contributed by atoms with E-state index in [2.05, 4.69) is 5.32 Å². The van der Waals surface area contributed by atoms with Gasteiger partial charge in [-0.15, -0.1) is 0 Å². The Labute approximate surface area is 251 Å². The summed E-state index contributed by atoms with van der Waals surface area (Å²) in [5.74, 6) is -0.911. The van der Waals surface area contributed by atoms with Crippen molar-refractivity contribution in [1.82, 2.24) is 10.2 Å². The first kappa shape index (κ1) is 31.7. The van der Waals surface area contributed by atoms with E-state index in [0.717, 1.165) is 22.7 Å². The van der Waals surface area contributed by atoms with Crippen LogP contribution in [-0.4, -0.2) is 44.3 Å². The lowest BCUT2D eigenvalue weighted by Crippen LogP contribution is -2.51. The molecule has 0 aliphatic rings. The van der Waals surface area contributed by atoms with Crippen LogP contribution in [0.5, 0.6) is 0 Å². The third-order valence-corrected chi connectivity index (χ3v) is 9.12. The quantitative estimate of drug-likeness (QED) is 0.234. The molecule has 0 saturated heterocycles. The number of nitrogens with one attached hydrogen (secondary N) is 1. The molecular formula is C29H32Cl3N3O4S. The van der Waals surface area contributed by atoms with Crippen molar-refractivity contribution in [2.45, 2.75) is 51.1 Å². The topological polar surface area (TPSA) is 86.8 Å². The zero-order valence-electron chi connectivity index (χ0n) is 22.5. The molecule has 0 radical (unpaired) electrons. The summed E-state index contributed by atoms with van der Waals surface area (Å²) in [4.78, 5) is 28.3. The number of benzene rings is 3. The van der Waals surface area contributed by atoms with Gasteiger partial charge in [-0.25, -0.2) is 8.42 Å². The van der Waals surface area contributed by atoms with Gasteiger partial charge in [-0.1, -0.05) is 71.9 Å². The number of nitrogens with zero attached hydrogens (tertiary/aromatic N) is 2. The summed E-state index contributed by atoms with van der Waals surface area (Å²) >= 11 is 18.3. The molecule has 1 unspecified atom stereocenters. The summed E-state index contributed by atoms with van der Waals surface area (Å²) in [5, 5.41) is 3.89. The predicted molar refractivity (Wildman–Crippen MR) is 162 cm³/mol. The molecule has 3 aromatic rings. The summed E-state index contributed by atoms with van der Waals surface area (Å²) in [5.41, 5.74) is 1.87. The fourth-order valence-corrected chi connectivity index (χ4v) is 5.79. The molecule has 214 valence electrons. The molecule has 3 rings (SSSR count). The number of carbonyl (C=O) groups excluding carboxylic acids is 2. The molecule has 2 amide bonds. The number of anilines is 1. The van der Waals surface area contributed by atoms with E-state index < -0.39 is 28.5 Å². The molecule has 11 heteroatoms. The third kappa shape index (κ3) is 8.13. The maximum atomic E-state index is 13.9. The van der Waals surface area contributed by atoms with Gasteiger partial charge in [-0.3, -0.25) is 13.9 Å². The van der Waals surface area contributed by atoms with Crippen LogP contribution in [0.2, 0.25) is 15.1 Å². The number of halogens is 3. The minimum atomic E-state index is -4.17. The third-order valence-electron chi connectivity index (χ3n) is 6.34. The molecule has 1 atom stereocenters. The summed E-state index contributed by atoms with van der Waals surface area (Å²) in [6.07, 6.45) is 1.69. The monoisotopic (exact) mass is 623 g/mol. The van der Waals surface area contributed by atoms with Gasteiger partial charge in [0.2, 0.25) is 11.8 Å². The van der Waals surface area contributed by atoms with Gasteiger partial charge >= 0.3 is 0 Å². The molecule has 40 heavy (non-hydrogen) atoms. The first-order chi connectivity index (χ1) is 18.9. The molecule has 0 heterocycles. The highest BCUT2D eigenvalue weighted by Crippen LogP contribution is 2.27. The summed E-state index contributed by atoms with van der Waals surface area (Å²) in [6, 6.07) is 16.6. The first-order valence-corrected chi connectivity index (χ1v) is 15.4. The molecule has 0 bridgehead atoms. The van der Waals surface area contributed by atoms with Gasteiger partial charge in [0.25, 0.3) is 10.0 Å². The Morgan fingerprint density at radius 1 is 0.925 bits per heavy atom. The van der Waals surface area contributed by atoms with E-state index in [-0.39, 0.29) is 17.3 Å². The van der Waals surface area contributed by atoms with Crippen molar-refractivity contribution in [3.8, 4) is 0 Å². The van der Waals surface area contributed by atoms with Crippen LogP contribution in [0, 0.1) is 6.92 Å². The van der Waals surface area contributed by atoms with Gasteiger partial charge in [0.1, 0.15) is 12.6 Å². The van der Waals surface area contributed by atoms with Crippen molar-refractivity contribution in [2.24, 2.45) is 0 Å². The van der Waals surface area contributed by atoms with Gasteiger partial charge in [0.05, 0.1) is 20.6 Å². The summed E-state index contributed by atoms with van der Waals surface area (Å²) in [6.45, 7) is 5.44. The molecule has 0 aliphatic carbocycles. The molecule has 7 nitrogen and oxygen atoms in total. The van der Waals surface area contributed by atoms with Crippen LogP contribution in [0.15, 0.2) is 71.6 Å². The van der Waals surface area contributed by atoms with Crippen LogP contribution >= 0.6 is 34.8 Å². The minimum Gasteiger partial charge on any atom is -0.354 e. The fourth-order valence-electron chi connectivity index (χ4n) is 3.93. The van der Waals surface area contributed by atoms with E-state index in [1.165, 1.54) is 29.2 Å². The fraction of sp³-hybridized carbons (Fsp3) is 0.310. The molecule has 1 N–H and O–H groups in total. The van der Waals surface area contributed by atoms with E-state index >= 15 is 0 Å². The number of rotatable bonds is 12. The summed E-state index contributed by atoms with van der Waals surface area (Å²) in [7, 11) is -4.17. The largest absolute Gasteiger partial charge is 0.354 e. The molecule has 0 spiro atoms. The number of carbonyl (C=O) groups is 2. The average Bonchev–Trinajstić information content (AvgIpc) is 2.92. The first-order valence-electron chi connectivity index (χ1n) is 12.8. The number of sulfonamides is 1. The molecule has 3 aromatic carbocycles. The average molecular weight is 625 g/mol. The van der Waals surface area contributed by atoms with E-state index in [1.807, 2.05) is 13.8 Å². The molecule has 0 fully saturated rings. The van der Waals surface area contributed by atoms with E-state index in [4.69, 9.17) is 34.8 Å². The van der Waals surface area contributed by atoms with Crippen LogP contribution in [0.3, 0.4) is 0 Å². The van der Waals surface area contributed by atoms with Crippen LogP contribution < -0.4 is 9.62 Å².